The van der Waals surface area contributed by atoms with Crippen molar-refractivity contribution in [2.24, 2.45) is 0 Å². The van der Waals surface area contributed by atoms with Gasteiger partial charge in [0.2, 0.25) is 0 Å². The van der Waals surface area contributed by atoms with Crippen molar-refractivity contribution in [3.8, 4) is 0 Å². The van der Waals surface area contributed by atoms with Crippen molar-refractivity contribution in [3.05, 3.63) is 0 Å². The first-order chi connectivity index (χ1) is 3.18. The molecule has 0 aliphatic carbocycles. The second-order valence-corrected chi connectivity index (χ2v) is 6.97. The van der Waals surface area contributed by atoms with E-state index in [-0.39, 0.29) is 1.08 Å². The van der Waals surface area contributed by atoms with Crippen LogP contribution >= 0.6 is 0 Å². The van der Waals surface area contributed by atoms with Gasteiger partial charge in [0.25, 0.3) is 0 Å². The van der Waals surface area contributed by atoms with E-state index in [1.807, 2.05) is 0 Å². The van der Waals surface area contributed by atoms with Crippen molar-refractivity contribution in [2.45, 2.75) is 8.01 Å². The fourth-order valence-electron chi connectivity index (χ4n) is 0.0768. The molecule has 0 heterocycles. The third kappa shape index (κ3) is 4.28. The number of hydrogen-bond acceptors (Lipinski definition) is 2. The quantitative estimate of drug-likeness (QED) is 0.559. The molecule has 0 saturated heterocycles. The van der Waals surface area contributed by atoms with E-state index in [4.69, 9.17) is 0 Å². The summed E-state index contributed by atoms with van der Waals surface area (Å²) in [5.74, 6) is 0.299. The molecule has 0 radical (unpaired) electrons. The van der Waals surface area contributed by atoms with E-state index < -0.39 is 0 Å². The Morgan fingerprint density at radius 3 is 2.43 bits per heavy atom. The van der Waals surface area contributed by atoms with Crippen LogP contribution < -0.4 is 3.95 Å². The van der Waals surface area contributed by atoms with E-state index in [1.54, 1.807) is 6.92 Å². The molecule has 7 heavy (non-hydrogen) atoms. The fraction of sp³-hybridized carbons (Fsp3) is 0.667. The van der Waals surface area contributed by atoms with Crippen molar-refractivity contribution < 1.29 is 67.0 Å². The number of ketones is 1. The Bertz CT molecular complexity index is 77.3. The molecule has 0 amide bonds. The van der Waals surface area contributed by atoms with Crippen LogP contribution in [0.1, 0.15) is 6.92 Å². The van der Waals surface area contributed by atoms with Crippen molar-refractivity contribution in [3.63, 3.8) is 0 Å². The van der Waals surface area contributed by atoms with Crippen LogP contribution in [0.4, 0.5) is 0 Å². The monoisotopic (exact) mass is 485 g/mol. The molecule has 0 aromatic carbocycles. The van der Waals surface area contributed by atoms with Crippen LogP contribution in [0.5, 0.6) is 0 Å². The average molecular weight is 484 g/mol. The second-order valence-electron chi connectivity index (χ2n) is 1.44. The second kappa shape index (κ2) is 4.62. The Balaban J connectivity index is 3.34. The van der Waals surface area contributed by atoms with Crippen LogP contribution in [0.15, 0.2) is 0 Å². The standard InChI is InChI=1S/C3H5NO.Ra.Re.H/c1-3(5)2-4;;;/h2,4H,1H3;;;/q-1;;+1;. The molecule has 2 nitrogen and oxygen atoms in total. The Labute approximate surface area is 83.3 Å². The van der Waals surface area contributed by atoms with Gasteiger partial charge in [0.15, 0.2) is 0 Å². The predicted octanol–water partition coefficient (Wildman–Crippen LogP) is -0.766. The molecule has 1 N–H and O–H groups in total. The van der Waals surface area contributed by atoms with Gasteiger partial charge in [-0.05, 0) is 0 Å². The topological polar surface area (TPSA) is 29.1 Å². The molecule has 0 aliphatic heterocycles. The maximum atomic E-state index is 10.4. The Morgan fingerprint density at radius 2 is 2.43 bits per heavy atom. The van der Waals surface area contributed by atoms with Crippen LogP contribution in [0.3, 0.4) is 0 Å². The summed E-state index contributed by atoms with van der Waals surface area (Å²) in [6, 6.07) is 0. The van der Waals surface area contributed by atoms with Gasteiger partial charge in [-0.1, -0.05) is 0 Å². The number of carbonyl (C=O) groups is 1. The summed E-state index contributed by atoms with van der Waals surface area (Å²) in [7, 11) is 0. The van der Waals surface area contributed by atoms with Gasteiger partial charge in [0, 0.05) is 0 Å². The fourth-order valence-corrected chi connectivity index (χ4v) is 0.629. The summed E-state index contributed by atoms with van der Waals surface area (Å²) in [4.78, 5) is 10.4. The normalized spacial score (nSPS) is 13.3. The molecule has 0 aromatic rings. The molecule has 0 aliphatic rings. The van der Waals surface area contributed by atoms with Crippen molar-refractivity contribution in [1.29, 1.82) is 0 Å². The van der Waals surface area contributed by atoms with Gasteiger partial charge in [-0.25, -0.2) is 0 Å². The molecule has 4 heteroatoms. The SMILES string of the molecule is CC(=O)[CH]([RaH])[NH][Re]. The number of rotatable bonds is 2. The van der Waals surface area contributed by atoms with E-state index in [0.717, 1.165) is 0 Å². The number of Topliss-reactive ketones (excluding diaryl/α,β-unsaturated/α-hetero) is 1. The number of hydrogen-bond donors (Lipinski definition) is 1. The first kappa shape index (κ1) is 8.76. The Hall–Kier alpha value is 1.76. The van der Waals surface area contributed by atoms with Gasteiger partial charge in [-0.15, -0.1) is 0 Å². The molecular formula is C3H6NORaRe. The van der Waals surface area contributed by atoms with Crippen LogP contribution in [0.2, 0.25) is 0 Å². The summed E-state index contributed by atoms with van der Waals surface area (Å²) < 4.78 is 3.24. The zero-order chi connectivity index (χ0) is 5.86. The van der Waals surface area contributed by atoms with Gasteiger partial charge in [-0.2, -0.15) is 0 Å². The zero-order valence-corrected chi connectivity index (χ0v) is 15.3. The van der Waals surface area contributed by atoms with Gasteiger partial charge < -0.3 is 0 Å². The Morgan fingerprint density at radius 1 is 2.00 bits per heavy atom. The van der Waals surface area contributed by atoms with Gasteiger partial charge in [-0.3, -0.25) is 0 Å². The van der Waals surface area contributed by atoms with Crippen molar-refractivity contribution >= 4 is 5.78 Å². The van der Waals surface area contributed by atoms with Crippen LogP contribution in [-0.4, -0.2) is 6.87 Å². The van der Waals surface area contributed by atoms with Crippen molar-refractivity contribution in [1.82, 2.24) is 3.95 Å². The number of nitrogens with one attached hydrogen (secondary N) is 1. The summed E-state index contributed by atoms with van der Waals surface area (Å²) in [5, 5.41) is 0. The summed E-state index contributed by atoms with van der Waals surface area (Å²) in [6.45, 7) is 1.64. The molecule has 0 aromatic heterocycles. The molecule has 1 unspecified atom stereocenters. The summed E-state index contributed by atoms with van der Waals surface area (Å²) in [5.41, 5.74) is 0. The molecule has 0 saturated carbocycles. The average Bonchev–Trinajstić information content (AvgIpc) is 1.65. The summed E-state index contributed by atoms with van der Waals surface area (Å²) >= 11 is 1.80. The third-order valence-electron chi connectivity index (χ3n) is 0.773. The molecule has 0 rings (SSSR count). The predicted molar refractivity (Wildman–Crippen MR) is 19.0 cm³/mol. The van der Waals surface area contributed by atoms with E-state index in [9.17, 15) is 4.79 Å². The molecule has 1 atom stereocenters. The van der Waals surface area contributed by atoms with Crippen molar-refractivity contribution in [2.75, 3.05) is 0 Å². The molecular weight excluding hydrogens is 478 g/mol. The van der Waals surface area contributed by atoms with E-state index in [2.05, 4.69) is 3.95 Å². The summed E-state index contributed by atoms with van der Waals surface area (Å²) in [6.07, 6.45) is 0. The van der Waals surface area contributed by atoms with Gasteiger partial charge in [0.1, 0.15) is 0 Å². The minimum atomic E-state index is 0.268. The molecule has 38 valence electrons. The van der Waals surface area contributed by atoms with E-state index in [1.165, 1.54) is 19.4 Å². The van der Waals surface area contributed by atoms with Gasteiger partial charge >= 0.3 is 84.8 Å². The van der Waals surface area contributed by atoms with Crippen LogP contribution in [0.25, 0.3) is 0 Å². The van der Waals surface area contributed by atoms with Gasteiger partial charge in [0.05, 0.1) is 0 Å². The minimum absolute atomic E-state index is 0.268. The Kier molecular flexibility index (Phi) is 5.78. The molecule has 0 bridgehead atoms. The van der Waals surface area contributed by atoms with E-state index in [0.29, 0.717) is 48.6 Å². The van der Waals surface area contributed by atoms with Crippen LogP contribution in [0, 0.1) is 42.8 Å². The number of carbonyl (C=O) groups excluding carboxylic acids is 1. The first-order valence-corrected chi connectivity index (χ1v) is 8.15. The zero-order valence-electron chi connectivity index (χ0n) is 4.36. The molecule has 0 spiro atoms. The third-order valence-corrected chi connectivity index (χ3v) is 12.6. The molecule has 0 fully saturated rings. The van der Waals surface area contributed by atoms with Crippen LogP contribution in [-0.2, 0) is 24.2 Å². The first-order valence-electron chi connectivity index (χ1n) is 2.05. The maximum absolute atomic E-state index is 10.4. The van der Waals surface area contributed by atoms with E-state index >= 15 is 0 Å².